The number of hydrogen-bond donors (Lipinski definition) is 1. The van der Waals surface area contributed by atoms with Crippen molar-refractivity contribution in [3.05, 3.63) is 5.82 Å². The van der Waals surface area contributed by atoms with Crippen molar-refractivity contribution in [2.24, 2.45) is 29.8 Å². The van der Waals surface area contributed by atoms with Gasteiger partial charge in [0, 0.05) is 0 Å². The molecule has 0 aliphatic rings. The largest absolute Gasteiger partial charge is 0.673 e. The number of nitrogens with one attached hydrogen (secondary N) is 1. The Bertz CT molecular complexity index is 440. The van der Waals surface area contributed by atoms with Crippen LogP contribution in [0.4, 0.5) is 17.3 Å². The van der Waals surface area contributed by atoms with Crippen LogP contribution in [0.3, 0.4) is 0 Å². The molecule has 0 bridgehead atoms. The predicted molar refractivity (Wildman–Crippen MR) is 68.5 cm³/mol. The molecule has 0 amide bonds. The minimum absolute atomic E-state index is 0.00111. The summed E-state index contributed by atoms with van der Waals surface area (Å²) in [5, 5.41) is 15.5. The van der Waals surface area contributed by atoms with Crippen molar-refractivity contribution >= 4 is 7.25 Å². The molecule has 0 radical (unpaired) electrons. The third-order valence-corrected chi connectivity index (χ3v) is 2.38. The van der Waals surface area contributed by atoms with E-state index in [1.807, 2.05) is 14.1 Å². The molecule has 0 fully saturated rings. The average molecular weight is 313 g/mol. The lowest BCUT2D eigenvalue weighted by molar-refractivity contribution is -0.740. The summed E-state index contributed by atoms with van der Waals surface area (Å²) in [6, 6.07) is 0.00111. The summed E-state index contributed by atoms with van der Waals surface area (Å²) in [5.74, 6) is 0.958. The molecule has 0 aliphatic heterocycles. The van der Waals surface area contributed by atoms with E-state index in [1.165, 1.54) is 0 Å². The summed E-state index contributed by atoms with van der Waals surface area (Å²) >= 11 is 0. The SMILES string of the molecule is CN=NNC(c1n(C)nn[n+]1C)C(C)(C)C.F[B-](F)(F)F. The van der Waals surface area contributed by atoms with Gasteiger partial charge in [0.15, 0.2) is 5.21 Å². The number of hydrogen-bond acceptors (Lipinski definition) is 4. The molecule has 1 atom stereocenters. The smallest absolute Gasteiger partial charge is 0.418 e. The highest BCUT2D eigenvalue weighted by Gasteiger charge is 2.35. The second-order valence-corrected chi connectivity index (χ2v) is 5.31. The summed E-state index contributed by atoms with van der Waals surface area (Å²) < 4.78 is 42.5. The van der Waals surface area contributed by atoms with Gasteiger partial charge in [0.25, 0.3) is 5.82 Å². The van der Waals surface area contributed by atoms with E-state index in [0.29, 0.717) is 0 Å². The van der Waals surface area contributed by atoms with E-state index >= 15 is 0 Å². The Hall–Kier alpha value is -1.75. The minimum Gasteiger partial charge on any atom is -0.418 e. The molecule has 0 aromatic carbocycles. The molecule has 0 spiro atoms. The van der Waals surface area contributed by atoms with Crippen molar-refractivity contribution in [2.45, 2.75) is 26.8 Å². The van der Waals surface area contributed by atoms with Gasteiger partial charge < -0.3 is 17.3 Å². The summed E-state index contributed by atoms with van der Waals surface area (Å²) in [7, 11) is -0.633. The topological polar surface area (TPSA) is 71.3 Å². The van der Waals surface area contributed by atoms with Gasteiger partial charge in [0.2, 0.25) is 0 Å². The lowest BCUT2D eigenvalue weighted by atomic mass is 9.86. The molecule has 1 aromatic heterocycles. The number of rotatable bonds is 3. The van der Waals surface area contributed by atoms with Gasteiger partial charge in [-0.1, -0.05) is 30.7 Å². The minimum atomic E-state index is -6.00. The van der Waals surface area contributed by atoms with Crippen molar-refractivity contribution in [3.8, 4) is 0 Å². The van der Waals surface area contributed by atoms with Gasteiger partial charge in [0.05, 0.1) is 21.1 Å². The van der Waals surface area contributed by atoms with Crippen LogP contribution < -0.4 is 10.1 Å². The molecule has 7 nitrogen and oxygen atoms in total. The molecule has 1 N–H and O–H groups in total. The zero-order chi connectivity index (χ0) is 16.8. The maximum absolute atomic E-state index is 9.75. The first-order valence-electron chi connectivity index (χ1n) is 6.05. The van der Waals surface area contributed by atoms with Gasteiger partial charge in [-0.05, 0) is 5.41 Å². The monoisotopic (exact) mass is 313 g/mol. The fraction of sp³-hybridized carbons (Fsp3) is 0.889. The summed E-state index contributed by atoms with van der Waals surface area (Å²) in [6.07, 6.45) is 0. The second kappa shape index (κ2) is 7.32. The van der Waals surface area contributed by atoms with Crippen LogP contribution in [0.2, 0.25) is 0 Å². The first-order chi connectivity index (χ1) is 9.38. The number of halogens is 4. The first kappa shape index (κ1) is 19.3. The maximum Gasteiger partial charge on any atom is 0.673 e. The fourth-order valence-corrected chi connectivity index (χ4v) is 1.55. The van der Waals surface area contributed by atoms with Crippen LogP contribution in [0.1, 0.15) is 32.6 Å². The molecular weight excluding hydrogens is 293 g/mol. The van der Waals surface area contributed by atoms with E-state index < -0.39 is 7.25 Å². The van der Waals surface area contributed by atoms with Crippen LogP contribution in [0.15, 0.2) is 10.3 Å². The lowest BCUT2D eigenvalue weighted by Crippen LogP contribution is -2.44. The molecular formula is C9H20BF4N7. The normalized spacial score (nSPS) is 13.8. The second-order valence-electron chi connectivity index (χ2n) is 5.31. The van der Waals surface area contributed by atoms with E-state index in [0.717, 1.165) is 5.82 Å². The van der Waals surface area contributed by atoms with Crippen LogP contribution in [0.5, 0.6) is 0 Å². The van der Waals surface area contributed by atoms with Crippen molar-refractivity contribution < 1.29 is 21.9 Å². The van der Waals surface area contributed by atoms with Crippen molar-refractivity contribution in [3.63, 3.8) is 0 Å². The highest BCUT2D eigenvalue weighted by atomic mass is 19.5. The predicted octanol–water partition coefficient (Wildman–Crippen LogP) is 1.61. The third-order valence-electron chi connectivity index (χ3n) is 2.38. The summed E-state index contributed by atoms with van der Waals surface area (Å²) in [6.45, 7) is 6.38. The molecule has 1 heterocycles. The average Bonchev–Trinajstić information content (AvgIpc) is 2.57. The molecule has 21 heavy (non-hydrogen) atoms. The fourth-order valence-electron chi connectivity index (χ4n) is 1.55. The Labute approximate surface area is 120 Å². The molecule has 122 valence electrons. The molecule has 1 rings (SSSR count). The van der Waals surface area contributed by atoms with Gasteiger partial charge in [0.1, 0.15) is 11.3 Å². The lowest BCUT2D eigenvalue weighted by Gasteiger charge is -2.26. The quantitative estimate of drug-likeness (QED) is 0.303. The van der Waals surface area contributed by atoms with E-state index in [4.69, 9.17) is 0 Å². The van der Waals surface area contributed by atoms with E-state index in [-0.39, 0.29) is 11.5 Å². The number of aromatic nitrogens is 4. The van der Waals surface area contributed by atoms with Gasteiger partial charge in [-0.2, -0.15) is 5.11 Å². The van der Waals surface area contributed by atoms with E-state index in [2.05, 4.69) is 47.0 Å². The van der Waals surface area contributed by atoms with Crippen LogP contribution in [-0.2, 0) is 14.1 Å². The Morgan fingerprint density at radius 1 is 1.29 bits per heavy atom. The molecule has 0 saturated heterocycles. The number of aryl methyl sites for hydroxylation is 2. The number of tetrazole rings is 1. The van der Waals surface area contributed by atoms with Crippen molar-refractivity contribution in [1.29, 1.82) is 0 Å². The molecule has 1 aromatic rings. The van der Waals surface area contributed by atoms with Gasteiger partial charge >= 0.3 is 7.25 Å². The molecule has 12 heteroatoms. The Balaban J connectivity index is 0.000000690. The van der Waals surface area contributed by atoms with Crippen molar-refractivity contribution in [2.75, 3.05) is 7.05 Å². The van der Waals surface area contributed by atoms with Crippen LogP contribution in [0, 0.1) is 5.41 Å². The summed E-state index contributed by atoms with van der Waals surface area (Å²) in [4.78, 5) is 0. The Kier molecular flexibility index (Phi) is 6.71. The van der Waals surface area contributed by atoms with E-state index in [9.17, 15) is 17.3 Å². The zero-order valence-corrected chi connectivity index (χ0v) is 12.8. The summed E-state index contributed by atoms with van der Waals surface area (Å²) in [5.41, 5.74) is 3.02. The van der Waals surface area contributed by atoms with Gasteiger partial charge in [-0.25, -0.2) is 0 Å². The van der Waals surface area contributed by atoms with Gasteiger partial charge in [-0.3, -0.25) is 5.43 Å². The molecule has 0 saturated carbocycles. The first-order valence-corrected chi connectivity index (χ1v) is 6.05. The van der Waals surface area contributed by atoms with Crippen molar-refractivity contribution in [1.82, 2.24) is 20.5 Å². The Morgan fingerprint density at radius 3 is 2.05 bits per heavy atom. The zero-order valence-electron chi connectivity index (χ0n) is 12.8. The standard InChI is InChI=1S/C9H20N7.BF4/c1-9(2,3)7(11-12-10-4)8-15(5)13-14-16(8)6;2-1(3,4)5/h7H,1-6H3,(H,10,11);/q+1;-1. The van der Waals surface area contributed by atoms with Crippen LogP contribution >= 0.6 is 0 Å². The maximum atomic E-state index is 9.75. The highest BCUT2D eigenvalue weighted by Crippen LogP contribution is 2.30. The third kappa shape index (κ3) is 7.56. The van der Waals surface area contributed by atoms with Crippen LogP contribution in [-0.4, -0.2) is 29.4 Å². The van der Waals surface area contributed by atoms with Gasteiger partial charge in [-0.15, -0.1) is 4.68 Å². The molecule has 1 unspecified atom stereocenters. The Morgan fingerprint density at radius 2 is 1.76 bits per heavy atom. The molecule has 0 aliphatic carbocycles. The van der Waals surface area contributed by atoms with E-state index in [1.54, 1.807) is 16.4 Å². The number of nitrogens with zero attached hydrogens (tertiary/aromatic N) is 6. The van der Waals surface area contributed by atoms with Crippen LogP contribution in [0.25, 0.3) is 0 Å². The highest BCUT2D eigenvalue weighted by molar-refractivity contribution is 6.50.